The molecule has 27 heteroatoms. The molecule has 0 spiro atoms. The molecular formula is C60H83CoN10O16. The van der Waals surface area contributed by atoms with E-state index in [1.165, 1.54) is 47.3 Å². The molecule has 26 nitrogen and oxygen atoms in total. The summed E-state index contributed by atoms with van der Waals surface area (Å²) in [7, 11) is 7.65. The SMILES string of the molecule is COC(=O)CC[C@@H]1C2=NC(=C\C3=NC(=C(/C)C4=N[C@@](C)(C5[N-]/C(=C\2C)[C@](C)(CCC(=O)OC)[C@H]5CC(=O)OC)[C@@](C)(CC(=O)OC)[C@@H]4CCC(=O)OC)/[C@@](C)(CC(=O)NCc2cn(CCOCCO)nn2)[C@]3(O)CCC(=O)OC)/C1(C)C.[C-]#N.[C-]#N.[Co+3]. The van der Waals surface area contributed by atoms with Crippen LogP contribution in [0.2, 0.25) is 0 Å². The first-order chi connectivity index (χ1) is 40.6. The Morgan fingerprint density at radius 1 is 0.713 bits per heavy atom. The van der Waals surface area contributed by atoms with Crippen molar-refractivity contribution in [3.05, 3.63) is 64.7 Å². The first-order valence-electron chi connectivity index (χ1n) is 28.2. The van der Waals surface area contributed by atoms with Crippen molar-refractivity contribution in [2.45, 2.75) is 156 Å². The van der Waals surface area contributed by atoms with Crippen LogP contribution in [0.3, 0.4) is 0 Å². The van der Waals surface area contributed by atoms with E-state index in [1.54, 1.807) is 26.1 Å². The maximum atomic E-state index is 14.8. The fourth-order valence-corrected chi connectivity index (χ4v) is 13.2. The first kappa shape index (κ1) is 74.1. The summed E-state index contributed by atoms with van der Waals surface area (Å²) in [4.78, 5) is 112. The molecule has 5 aliphatic rings. The Labute approximate surface area is 519 Å². The fraction of sp³-hybridized carbons (Fsp3) is 0.667. The Morgan fingerprint density at radius 2 is 1.26 bits per heavy atom. The normalized spacial score (nSPS) is 29.5. The van der Waals surface area contributed by atoms with Crippen molar-refractivity contribution in [3.63, 3.8) is 0 Å². The van der Waals surface area contributed by atoms with E-state index < -0.39 is 105 Å². The zero-order chi connectivity index (χ0) is 64.8. The number of nitrogens with one attached hydrogen (secondary N) is 1. The van der Waals surface area contributed by atoms with Crippen LogP contribution >= 0.6 is 0 Å². The van der Waals surface area contributed by atoms with E-state index in [-0.39, 0.29) is 119 Å². The zero-order valence-corrected chi connectivity index (χ0v) is 53.3. The number of amides is 1. The van der Waals surface area contributed by atoms with Crippen LogP contribution in [0, 0.1) is 63.1 Å². The number of hydrogen-bond donors (Lipinski definition) is 3. The molecule has 1 amide bonds. The molecule has 6 heterocycles. The number of carbonyl (C=O) groups excluding carboxylic acids is 7. The van der Waals surface area contributed by atoms with Crippen molar-refractivity contribution < 1.29 is 93.7 Å². The maximum absolute atomic E-state index is 14.8. The second-order valence-corrected chi connectivity index (χ2v) is 23.3. The smallest absolute Gasteiger partial charge is 0.682 e. The van der Waals surface area contributed by atoms with Gasteiger partial charge in [-0.15, -0.1) is 5.10 Å². The van der Waals surface area contributed by atoms with Crippen molar-refractivity contribution in [1.82, 2.24) is 20.3 Å². The summed E-state index contributed by atoms with van der Waals surface area (Å²) in [5.41, 5.74) is -5.33. The summed E-state index contributed by atoms with van der Waals surface area (Å²) in [5.74, 6) is -6.06. The van der Waals surface area contributed by atoms with Crippen molar-refractivity contribution in [2.24, 2.45) is 54.4 Å². The molecule has 1 fully saturated rings. The van der Waals surface area contributed by atoms with Gasteiger partial charge in [-0.25, -0.2) is 4.68 Å². The number of aromatic nitrogens is 3. The third kappa shape index (κ3) is 15.0. The van der Waals surface area contributed by atoms with Gasteiger partial charge in [0.05, 0.1) is 111 Å². The second-order valence-electron chi connectivity index (χ2n) is 23.3. The van der Waals surface area contributed by atoms with Gasteiger partial charge in [-0.3, -0.25) is 48.5 Å². The summed E-state index contributed by atoms with van der Waals surface area (Å²) in [5, 5.41) is 52.5. The van der Waals surface area contributed by atoms with Crippen LogP contribution in [0.5, 0.6) is 0 Å². The molecule has 6 rings (SSSR count). The summed E-state index contributed by atoms with van der Waals surface area (Å²) < 4.78 is 38.5. The Balaban J connectivity index is 0.00000388. The molecule has 87 heavy (non-hydrogen) atoms. The minimum atomic E-state index is -2.15. The molecule has 0 saturated carbocycles. The number of aliphatic imine (C=N–C) groups is 3. The van der Waals surface area contributed by atoms with Crippen molar-refractivity contribution in [1.29, 1.82) is 10.5 Å². The van der Waals surface area contributed by atoms with Crippen LogP contribution in [0.25, 0.3) is 5.32 Å². The number of hydrogen-bond acceptors (Lipinski definition) is 23. The van der Waals surface area contributed by atoms with Crippen LogP contribution in [-0.4, -0.2) is 164 Å². The predicted molar refractivity (Wildman–Crippen MR) is 307 cm³/mol. The number of aliphatic hydroxyl groups is 2. The molecule has 0 aromatic carbocycles. The van der Waals surface area contributed by atoms with Gasteiger partial charge < -0.3 is 77.7 Å². The van der Waals surface area contributed by atoms with Crippen molar-refractivity contribution >= 4 is 58.9 Å². The van der Waals surface area contributed by atoms with Crippen LogP contribution in [0.15, 0.2) is 55.5 Å². The van der Waals surface area contributed by atoms with Crippen molar-refractivity contribution in [3.8, 4) is 0 Å². The Bertz CT molecular complexity index is 2960. The fourth-order valence-electron chi connectivity index (χ4n) is 13.2. The quantitative estimate of drug-likeness (QED) is 0.0479. The van der Waals surface area contributed by atoms with Crippen molar-refractivity contribution in [2.75, 3.05) is 62.5 Å². The van der Waals surface area contributed by atoms with Crippen LogP contribution in [-0.2, 0) is 96.6 Å². The molecule has 1 unspecified atom stereocenters. The molecule has 8 bridgehead atoms. The Morgan fingerprint density at radius 3 is 1.83 bits per heavy atom. The first-order valence-corrected chi connectivity index (χ1v) is 28.2. The third-order valence-electron chi connectivity index (χ3n) is 18.5. The van der Waals surface area contributed by atoms with Gasteiger partial charge >= 0.3 is 52.6 Å². The summed E-state index contributed by atoms with van der Waals surface area (Å²) in [6.07, 6.45) is 1.92. The molecule has 5 aliphatic heterocycles. The number of allylic oxidation sites excluding steroid dienone is 4. The number of ether oxygens (including phenoxy) is 7. The van der Waals surface area contributed by atoms with Gasteiger partial charge in [-0.1, -0.05) is 45.9 Å². The monoisotopic (exact) mass is 1260 g/mol. The number of fused-ring (bicyclic) bond motifs is 6. The van der Waals surface area contributed by atoms with E-state index in [0.717, 1.165) is 0 Å². The van der Waals surface area contributed by atoms with Gasteiger partial charge in [0.1, 0.15) is 11.3 Å². The molecule has 1 aromatic heterocycles. The van der Waals surface area contributed by atoms with E-state index in [4.69, 9.17) is 82.2 Å². The minimum absolute atomic E-state index is 0. The van der Waals surface area contributed by atoms with Gasteiger partial charge in [-0.05, 0) is 75.0 Å². The largest absolute Gasteiger partial charge is 3.00 e. The van der Waals surface area contributed by atoms with E-state index in [1.807, 2.05) is 41.5 Å². The number of nitrogens with zero attached hydrogens (tertiary/aromatic N) is 9. The zero-order valence-electron chi connectivity index (χ0n) is 52.2. The van der Waals surface area contributed by atoms with Gasteiger partial charge in [0.2, 0.25) is 5.91 Å². The third-order valence-corrected chi connectivity index (χ3v) is 18.5. The van der Waals surface area contributed by atoms with E-state index in [9.17, 15) is 38.7 Å². The molecule has 0 aliphatic carbocycles. The Hall–Kier alpha value is -7.17. The van der Waals surface area contributed by atoms with E-state index >= 15 is 0 Å². The van der Waals surface area contributed by atoms with Crippen LogP contribution in [0.4, 0.5) is 0 Å². The molecule has 9 atom stereocenters. The standard InChI is InChI=1S/C58H84N8O16.2CN.Co/c1-33-48-36(15-17-42(69)76-9)53(3,4)39(60-48)28-40-58(75,22-20-45(72)79-12)56(7,29-41(68)59-31-35-32-66(65-64-35)23-25-82-26-24-67)51(61-40)34(2)49-37(16-18-43(70)77-10)55(6,30-47(74)81-14)57(8,63-49)52-38(27-46(73)80-13)54(5,50(33)62-52)21-19-44(71)78-11;2*1-2;/h28,32,36-38,52,67,75H,15-27,29-31H2,1-14H3,(H2,59,60,61,62,63,68);;;/q;2*-1;+3/p-1/t36-,37-,38+,52?,54-,55+,56-,57+,58+;;;/m1.../s1. The summed E-state index contributed by atoms with van der Waals surface area (Å²) in [6.45, 7) is 24.9. The second kappa shape index (κ2) is 31.1. The predicted octanol–water partition coefficient (Wildman–Crippen LogP) is 5.37. The molecular weight excluding hydrogens is 1180 g/mol. The molecule has 478 valence electrons. The number of methoxy groups -OCH3 is 6. The van der Waals surface area contributed by atoms with Crippen LogP contribution < -0.4 is 5.32 Å². The minimum Gasteiger partial charge on any atom is -0.682 e. The van der Waals surface area contributed by atoms with Gasteiger partial charge in [0.15, 0.2) is 0 Å². The topological polar surface area (TPSA) is 366 Å². The number of aliphatic hydroxyl groups excluding tert-OH is 1. The Kier molecular flexibility index (Phi) is 26.5. The van der Waals surface area contributed by atoms with Gasteiger partial charge in [0, 0.05) is 78.3 Å². The molecule has 3 N–H and O–H groups in total. The number of rotatable bonds is 25. The van der Waals surface area contributed by atoms with E-state index in [2.05, 4.69) is 15.6 Å². The summed E-state index contributed by atoms with van der Waals surface area (Å²) >= 11 is 0. The number of carbonyl (C=O) groups is 7. The molecule has 1 aromatic rings. The maximum Gasteiger partial charge on any atom is 3.00 e. The van der Waals surface area contributed by atoms with Gasteiger partial charge in [0.25, 0.3) is 0 Å². The average Bonchev–Trinajstić information content (AvgIpc) is 1.54. The van der Waals surface area contributed by atoms with Gasteiger partial charge in [-0.2, -0.15) is 5.70 Å². The van der Waals surface area contributed by atoms with Crippen LogP contribution in [0.1, 0.15) is 132 Å². The van der Waals surface area contributed by atoms with E-state index in [0.29, 0.717) is 46.2 Å². The number of esters is 6. The molecule has 1 saturated heterocycles. The summed E-state index contributed by atoms with van der Waals surface area (Å²) in [6, 6.07) is -0.990. The average molecular weight is 1260 g/mol. The molecule has 0 radical (unpaired) electrons.